The van der Waals surface area contributed by atoms with Crippen LogP contribution in [0.3, 0.4) is 0 Å². The highest BCUT2D eigenvalue weighted by molar-refractivity contribution is 6.00. The van der Waals surface area contributed by atoms with Gasteiger partial charge in [0.05, 0.1) is 17.4 Å². The van der Waals surface area contributed by atoms with E-state index in [2.05, 4.69) is 22.5 Å². The molecule has 0 aliphatic carbocycles. The summed E-state index contributed by atoms with van der Waals surface area (Å²) in [5, 5.41) is 7.54. The minimum Gasteiger partial charge on any atom is -0.491 e. The fourth-order valence-corrected chi connectivity index (χ4v) is 2.70. The Morgan fingerprint density at radius 2 is 1.86 bits per heavy atom. The van der Waals surface area contributed by atoms with E-state index in [1.54, 1.807) is 6.92 Å². The lowest BCUT2D eigenvalue weighted by Crippen LogP contribution is -2.49. The van der Waals surface area contributed by atoms with Gasteiger partial charge in [0.2, 0.25) is 0 Å². The van der Waals surface area contributed by atoms with E-state index < -0.39 is 11.9 Å². The number of hydrogen-bond donors (Lipinski definition) is 4. The number of rotatable bonds is 6. The van der Waals surface area contributed by atoms with Crippen molar-refractivity contribution in [3.05, 3.63) is 78.3 Å². The van der Waals surface area contributed by atoms with Crippen LogP contribution in [0.5, 0.6) is 5.75 Å². The van der Waals surface area contributed by atoms with Crippen LogP contribution in [0.15, 0.2) is 78.3 Å². The summed E-state index contributed by atoms with van der Waals surface area (Å²) in [5.41, 5.74) is 8.22. The van der Waals surface area contributed by atoms with Crippen molar-refractivity contribution < 1.29 is 14.3 Å². The number of amides is 3. The van der Waals surface area contributed by atoms with Crippen molar-refractivity contribution in [2.75, 3.05) is 6.61 Å². The second kappa shape index (κ2) is 8.30. The highest BCUT2D eigenvalue weighted by Gasteiger charge is 2.24. The molecule has 7 nitrogen and oxygen atoms in total. The molecule has 5 N–H and O–H groups in total. The first-order chi connectivity index (χ1) is 13.4. The Labute approximate surface area is 163 Å². The van der Waals surface area contributed by atoms with Gasteiger partial charge in [0.15, 0.2) is 0 Å². The zero-order valence-electron chi connectivity index (χ0n) is 15.5. The van der Waals surface area contributed by atoms with Crippen LogP contribution < -0.4 is 26.4 Å². The summed E-state index contributed by atoms with van der Waals surface area (Å²) in [7, 11) is 0. The summed E-state index contributed by atoms with van der Waals surface area (Å²) in [4.78, 5) is 23.9. The number of hydrogen-bond acceptors (Lipinski definition) is 4. The van der Waals surface area contributed by atoms with Crippen molar-refractivity contribution in [1.82, 2.24) is 16.0 Å². The Kier molecular flexibility index (Phi) is 5.64. The molecule has 0 saturated carbocycles. The fourth-order valence-electron chi connectivity index (χ4n) is 2.70. The fraction of sp³-hybridized carbons (Fsp3) is 0.143. The summed E-state index contributed by atoms with van der Waals surface area (Å²) in [6, 6.07) is 16.9. The molecule has 1 aliphatic heterocycles. The quantitative estimate of drug-likeness (QED) is 0.618. The van der Waals surface area contributed by atoms with Gasteiger partial charge in [-0.3, -0.25) is 4.79 Å². The largest absolute Gasteiger partial charge is 0.491 e. The lowest BCUT2D eigenvalue weighted by molar-refractivity contribution is -0.118. The number of benzene rings is 2. The number of nitrogens with two attached hydrogens (primary N) is 1. The third-order valence-corrected chi connectivity index (χ3v) is 4.14. The Morgan fingerprint density at radius 3 is 2.61 bits per heavy atom. The number of carbonyl (C=O) groups excluding carboxylic acids is 2. The summed E-state index contributed by atoms with van der Waals surface area (Å²) >= 11 is 0. The van der Waals surface area contributed by atoms with E-state index in [9.17, 15) is 9.59 Å². The van der Waals surface area contributed by atoms with E-state index in [1.165, 1.54) is 0 Å². The van der Waals surface area contributed by atoms with Gasteiger partial charge in [-0.15, -0.1) is 0 Å². The smallest absolute Gasteiger partial charge is 0.323 e. The summed E-state index contributed by atoms with van der Waals surface area (Å²) in [5.74, 6) is 0.201. The predicted molar refractivity (Wildman–Crippen MR) is 107 cm³/mol. The van der Waals surface area contributed by atoms with Gasteiger partial charge in [-0.1, -0.05) is 49.0 Å². The van der Waals surface area contributed by atoms with Gasteiger partial charge >= 0.3 is 6.03 Å². The van der Waals surface area contributed by atoms with Crippen LogP contribution >= 0.6 is 0 Å². The molecule has 0 spiro atoms. The van der Waals surface area contributed by atoms with Gasteiger partial charge in [0.1, 0.15) is 18.1 Å². The zero-order chi connectivity index (χ0) is 20.1. The van der Waals surface area contributed by atoms with Gasteiger partial charge in [0.25, 0.3) is 5.91 Å². The molecule has 1 aliphatic rings. The van der Waals surface area contributed by atoms with Crippen molar-refractivity contribution in [3.63, 3.8) is 0 Å². The number of nitrogens with one attached hydrogen (secondary N) is 3. The molecule has 0 saturated heterocycles. The number of ether oxygens (including phenoxy) is 1. The number of carbonyl (C=O) groups is 2. The molecule has 0 fully saturated rings. The molecular formula is C21H22N4O3. The third kappa shape index (κ3) is 4.50. The van der Waals surface area contributed by atoms with Crippen LogP contribution in [-0.4, -0.2) is 24.6 Å². The van der Waals surface area contributed by atoms with Crippen LogP contribution in [-0.2, 0) is 4.79 Å². The molecule has 2 aromatic rings. The van der Waals surface area contributed by atoms with Crippen molar-refractivity contribution in [2.24, 2.45) is 5.73 Å². The first kappa shape index (κ1) is 19.0. The summed E-state index contributed by atoms with van der Waals surface area (Å²) in [6.45, 7) is 5.66. The van der Waals surface area contributed by atoms with Crippen molar-refractivity contribution >= 4 is 11.9 Å². The van der Waals surface area contributed by atoms with Crippen LogP contribution in [0.4, 0.5) is 4.79 Å². The first-order valence-corrected chi connectivity index (χ1v) is 8.80. The maximum absolute atomic E-state index is 12.4. The maximum Gasteiger partial charge on any atom is 0.323 e. The summed E-state index contributed by atoms with van der Waals surface area (Å²) in [6.07, 6.45) is 0. The van der Waals surface area contributed by atoms with Gasteiger partial charge in [-0.25, -0.2) is 4.79 Å². The lowest BCUT2D eigenvalue weighted by atomic mass is 10.1. The zero-order valence-corrected chi connectivity index (χ0v) is 15.5. The van der Waals surface area contributed by atoms with Gasteiger partial charge in [-0.05, 0) is 30.2 Å². The SMILES string of the molecule is C=C1NC(=O)NC(C(=O)N[C@H](C)COc2cccc(-c3ccccc3)c2)=C1N. The van der Waals surface area contributed by atoms with Crippen molar-refractivity contribution in [2.45, 2.75) is 13.0 Å². The average Bonchev–Trinajstić information content (AvgIpc) is 2.70. The number of urea groups is 1. The molecular weight excluding hydrogens is 356 g/mol. The normalized spacial score (nSPS) is 14.8. The van der Waals surface area contributed by atoms with E-state index in [4.69, 9.17) is 10.5 Å². The van der Waals surface area contributed by atoms with E-state index in [1.807, 2.05) is 54.6 Å². The highest BCUT2D eigenvalue weighted by atomic mass is 16.5. The molecule has 2 aromatic carbocycles. The van der Waals surface area contributed by atoms with Crippen molar-refractivity contribution in [1.29, 1.82) is 0 Å². The molecule has 0 bridgehead atoms. The van der Waals surface area contributed by atoms with E-state index in [0.29, 0.717) is 5.75 Å². The lowest BCUT2D eigenvalue weighted by Gasteiger charge is -2.22. The van der Waals surface area contributed by atoms with Gasteiger partial charge in [0, 0.05) is 0 Å². The monoisotopic (exact) mass is 378 g/mol. The van der Waals surface area contributed by atoms with Crippen LogP contribution in [0.25, 0.3) is 11.1 Å². The first-order valence-electron chi connectivity index (χ1n) is 8.80. The molecule has 0 aromatic heterocycles. The van der Waals surface area contributed by atoms with Crippen LogP contribution in [0, 0.1) is 0 Å². The maximum atomic E-state index is 12.4. The molecule has 1 heterocycles. The summed E-state index contributed by atoms with van der Waals surface area (Å²) < 4.78 is 5.81. The van der Waals surface area contributed by atoms with Gasteiger partial charge in [-0.2, -0.15) is 0 Å². The van der Waals surface area contributed by atoms with Crippen LogP contribution in [0.1, 0.15) is 6.92 Å². The predicted octanol–water partition coefficient (Wildman–Crippen LogP) is 2.23. The Hall–Kier alpha value is -3.74. The van der Waals surface area contributed by atoms with Gasteiger partial charge < -0.3 is 26.4 Å². The molecule has 0 radical (unpaired) electrons. The minimum atomic E-state index is -0.550. The van der Waals surface area contributed by atoms with E-state index in [0.717, 1.165) is 11.1 Å². The molecule has 3 rings (SSSR count). The standard InChI is InChI=1S/C21H22N4O3/c1-13(23-20(26)19-18(22)14(2)24-21(27)25-19)12-28-17-10-6-9-16(11-17)15-7-4-3-5-8-15/h3-11,13H,2,12,22H2,1H3,(H,23,26)(H2,24,25,27)/t13-/m1/s1. The third-order valence-electron chi connectivity index (χ3n) is 4.14. The topological polar surface area (TPSA) is 105 Å². The molecule has 1 atom stereocenters. The van der Waals surface area contributed by atoms with Crippen LogP contribution in [0.2, 0.25) is 0 Å². The van der Waals surface area contributed by atoms with Crippen molar-refractivity contribution in [3.8, 4) is 16.9 Å². The average molecular weight is 378 g/mol. The second-order valence-corrected chi connectivity index (χ2v) is 6.43. The molecule has 3 amide bonds. The molecule has 144 valence electrons. The molecule has 28 heavy (non-hydrogen) atoms. The Morgan fingerprint density at radius 1 is 1.14 bits per heavy atom. The Bertz CT molecular complexity index is 938. The minimum absolute atomic E-state index is 0.0216. The second-order valence-electron chi connectivity index (χ2n) is 6.43. The van der Waals surface area contributed by atoms with E-state index in [-0.39, 0.29) is 29.7 Å². The molecule has 0 unspecified atom stereocenters. The highest BCUT2D eigenvalue weighted by Crippen LogP contribution is 2.23. The van der Waals surface area contributed by atoms with E-state index >= 15 is 0 Å². The molecule has 7 heteroatoms. The Balaban J connectivity index is 1.60.